The summed E-state index contributed by atoms with van der Waals surface area (Å²) in [5.41, 5.74) is 4.43. The smallest absolute Gasteiger partial charge is 0.127 e. The minimum absolute atomic E-state index is 0.139. The van der Waals surface area contributed by atoms with E-state index in [-0.39, 0.29) is 5.82 Å². The van der Waals surface area contributed by atoms with Gasteiger partial charge in [-0.2, -0.15) is 15.4 Å². The van der Waals surface area contributed by atoms with Crippen molar-refractivity contribution in [3.63, 3.8) is 0 Å². The second-order valence-corrected chi connectivity index (χ2v) is 6.41. The minimum Gasteiger partial charge on any atom is -0.304 e. The number of likely N-dealkylation sites (N-methyl/N-ethyl adjacent to an activating group) is 1. The van der Waals surface area contributed by atoms with Gasteiger partial charge in [0.05, 0.1) is 0 Å². The molecular weight excluding hydrogens is 305 g/mol. The molecule has 2 aromatic carbocycles. The van der Waals surface area contributed by atoms with Gasteiger partial charge in [0.25, 0.3) is 0 Å². The molecule has 5 nitrogen and oxygen atoms in total. The second-order valence-electron chi connectivity index (χ2n) is 6.41. The molecule has 1 aliphatic rings. The van der Waals surface area contributed by atoms with Crippen molar-refractivity contribution in [1.82, 2.24) is 25.2 Å². The van der Waals surface area contributed by atoms with Gasteiger partial charge in [0, 0.05) is 38.3 Å². The predicted molar refractivity (Wildman–Crippen MR) is 92.1 cm³/mol. The van der Waals surface area contributed by atoms with E-state index in [0.29, 0.717) is 6.54 Å². The summed E-state index contributed by atoms with van der Waals surface area (Å²) >= 11 is 0. The molecule has 1 fully saturated rings. The number of H-pyrrole nitrogens is 1. The molecular formula is C18H20FN5. The third-order valence-corrected chi connectivity index (χ3v) is 4.69. The molecule has 0 spiro atoms. The number of fused-ring (bicyclic) bond motifs is 1. The number of aromatic nitrogens is 3. The van der Waals surface area contributed by atoms with Crippen molar-refractivity contribution in [1.29, 1.82) is 0 Å². The van der Waals surface area contributed by atoms with Crippen LogP contribution in [0.4, 0.5) is 4.39 Å². The zero-order valence-electron chi connectivity index (χ0n) is 13.7. The molecule has 0 radical (unpaired) electrons. The summed E-state index contributed by atoms with van der Waals surface area (Å²) in [5, 5.41) is 10.8. The van der Waals surface area contributed by atoms with Gasteiger partial charge in [0.2, 0.25) is 0 Å². The Hall–Kier alpha value is -2.31. The van der Waals surface area contributed by atoms with Crippen LogP contribution < -0.4 is 0 Å². The molecule has 24 heavy (non-hydrogen) atoms. The van der Waals surface area contributed by atoms with Crippen molar-refractivity contribution in [3.05, 3.63) is 47.8 Å². The third-order valence-electron chi connectivity index (χ3n) is 4.69. The van der Waals surface area contributed by atoms with Crippen LogP contribution in [0, 0.1) is 5.82 Å². The summed E-state index contributed by atoms with van der Waals surface area (Å²) in [6, 6.07) is 11.2. The number of nitrogens with zero attached hydrogens (tertiary/aromatic N) is 4. The van der Waals surface area contributed by atoms with E-state index < -0.39 is 0 Å². The first kappa shape index (κ1) is 15.2. The van der Waals surface area contributed by atoms with Crippen LogP contribution in [0.2, 0.25) is 0 Å². The molecule has 4 rings (SSSR count). The molecule has 0 atom stereocenters. The summed E-state index contributed by atoms with van der Waals surface area (Å²) < 4.78 is 14.3. The summed E-state index contributed by atoms with van der Waals surface area (Å²) in [6.07, 6.45) is 0. The van der Waals surface area contributed by atoms with Crippen molar-refractivity contribution >= 4 is 11.0 Å². The maximum absolute atomic E-state index is 14.3. The van der Waals surface area contributed by atoms with E-state index in [1.165, 1.54) is 0 Å². The van der Waals surface area contributed by atoms with Crippen LogP contribution in [0.25, 0.3) is 22.2 Å². The Labute approximate surface area is 140 Å². The fourth-order valence-corrected chi connectivity index (χ4v) is 3.14. The second kappa shape index (κ2) is 6.30. The summed E-state index contributed by atoms with van der Waals surface area (Å²) in [7, 11) is 2.12. The average molecular weight is 325 g/mol. The Morgan fingerprint density at radius 2 is 1.67 bits per heavy atom. The number of nitrogens with one attached hydrogen (secondary N) is 1. The third kappa shape index (κ3) is 3.02. The van der Waals surface area contributed by atoms with Crippen LogP contribution in [-0.4, -0.2) is 58.4 Å². The molecule has 3 aromatic rings. The number of aromatic amines is 1. The van der Waals surface area contributed by atoms with E-state index in [4.69, 9.17) is 0 Å². The van der Waals surface area contributed by atoms with Gasteiger partial charge in [0.1, 0.15) is 16.9 Å². The van der Waals surface area contributed by atoms with Gasteiger partial charge in [0.15, 0.2) is 0 Å². The average Bonchev–Trinajstić information content (AvgIpc) is 3.06. The molecule has 0 bridgehead atoms. The van der Waals surface area contributed by atoms with Gasteiger partial charge >= 0.3 is 0 Å². The normalized spacial score (nSPS) is 16.8. The standard InChI is InChI=1S/C18H20FN5/c1-23-6-8-24(9-7-23)12-15-10-13(2-4-16(15)19)14-3-5-17-18(11-14)21-22-20-17/h2-5,10-11H,6-9,12H2,1H3,(H,20,21,22). The molecule has 124 valence electrons. The Morgan fingerprint density at radius 3 is 2.50 bits per heavy atom. The van der Waals surface area contributed by atoms with E-state index in [1.54, 1.807) is 6.07 Å². The van der Waals surface area contributed by atoms with Gasteiger partial charge in [-0.05, 0) is 42.4 Å². The van der Waals surface area contributed by atoms with Crippen LogP contribution in [0.1, 0.15) is 5.56 Å². The number of hydrogen-bond donors (Lipinski definition) is 1. The summed E-state index contributed by atoms with van der Waals surface area (Å²) in [4.78, 5) is 4.61. The molecule has 0 saturated carbocycles. The van der Waals surface area contributed by atoms with Crippen molar-refractivity contribution in [2.75, 3.05) is 33.2 Å². The first-order valence-electron chi connectivity index (χ1n) is 8.19. The Morgan fingerprint density at radius 1 is 0.958 bits per heavy atom. The molecule has 1 aliphatic heterocycles. The number of benzene rings is 2. The molecule has 0 aliphatic carbocycles. The van der Waals surface area contributed by atoms with Crippen LogP contribution in [0.15, 0.2) is 36.4 Å². The van der Waals surface area contributed by atoms with E-state index in [1.807, 2.05) is 30.3 Å². The lowest BCUT2D eigenvalue weighted by Gasteiger charge is -2.32. The lowest BCUT2D eigenvalue weighted by Crippen LogP contribution is -2.44. The Kier molecular flexibility index (Phi) is 4.00. The molecule has 0 unspecified atom stereocenters. The van der Waals surface area contributed by atoms with E-state index in [2.05, 4.69) is 32.3 Å². The van der Waals surface area contributed by atoms with E-state index in [0.717, 1.165) is 53.9 Å². The quantitative estimate of drug-likeness (QED) is 0.804. The molecule has 2 heterocycles. The van der Waals surface area contributed by atoms with Gasteiger partial charge in [-0.3, -0.25) is 4.90 Å². The van der Waals surface area contributed by atoms with Crippen molar-refractivity contribution < 1.29 is 4.39 Å². The van der Waals surface area contributed by atoms with Crippen molar-refractivity contribution in [2.24, 2.45) is 0 Å². The zero-order valence-corrected chi connectivity index (χ0v) is 13.7. The molecule has 0 amide bonds. The first-order valence-corrected chi connectivity index (χ1v) is 8.19. The molecule has 1 saturated heterocycles. The first-order chi connectivity index (χ1) is 11.7. The highest BCUT2D eigenvalue weighted by Gasteiger charge is 2.16. The maximum atomic E-state index is 14.3. The number of hydrogen-bond acceptors (Lipinski definition) is 4. The van der Waals surface area contributed by atoms with Crippen LogP contribution in [0.5, 0.6) is 0 Å². The lowest BCUT2D eigenvalue weighted by molar-refractivity contribution is 0.147. The fourth-order valence-electron chi connectivity index (χ4n) is 3.14. The monoisotopic (exact) mass is 325 g/mol. The highest BCUT2D eigenvalue weighted by molar-refractivity contribution is 5.81. The zero-order chi connectivity index (χ0) is 16.5. The largest absolute Gasteiger partial charge is 0.304 e. The number of halogens is 1. The van der Waals surface area contributed by atoms with Gasteiger partial charge < -0.3 is 4.90 Å². The maximum Gasteiger partial charge on any atom is 0.127 e. The highest BCUT2D eigenvalue weighted by atomic mass is 19.1. The van der Waals surface area contributed by atoms with Gasteiger partial charge in [-0.25, -0.2) is 4.39 Å². The van der Waals surface area contributed by atoms with Crippen LogP contribution >= 0.6 is 0 Å². The van der Waals surface area contributed by atoms with Crippen molar-refractivity contribution in [3.8, 4) is 11.1 Å². The highest BCUT2D eigenvalue weighted by Crippen LogP contribution is 2.25. The van der Waals surface area contributed by atoms with Gasteiger partial charge in [-0.15, -0.1) is 0 Å². The molecule has 6 heteroatoms. The van der Waals surface area contributed by atoms with Crippen LogP contribution in [-0.2, 0) is 6.54 Å². The molecule has 1 aromatic heterocycles. The predicted octanol–water partition coefficient (Wildman–Crippen LogP) is 2.51. The summed E-state index contributed by atoms with van der Waals surface area (Å²) in [6.45, 7) is 4.67. The Balaban J connectivity index is 1.60. The lowest BCUT2D eigenvalue weighted by atomic mass is 10.0. The van der Waals surface area contributed by atoms with E-state index in [9.17, 15) is 4.39 Å². The number of rotatable bonds is 3. The van der Waals surface area contributed by atoms with E-state index >= 15 is 0 Å². The van der Waals surface area contributed by atoms with Crippen molar-refractivity contribution in [2.45, 2.75) is 6.54 Å². The topological polar surface area (TPSA) is 48.0 Å². The molecule has 1 N–H and O–H groups in total. The van der Waals surface area contributed by atoms with Crippen LogP contribution in [0.3, 0.4) is 0 Å². The fraction of sp³-hybridized carbons (Fsp3) is 0.333. The van der Waals surface area contributed by atoms with Gasteiger partial charge in [-0.1, -0.05) is 12.1 Å². The summed E-state index contributed by atoms with van der Waals surface area (Å²) in [5.74, 6) is -0.139. The SMILES string of the molecule is CN1CCN(Cc2cc(-c3ccc4n[nH]nc4c3)ccc2F)CC1. The minimum atomic E-state index is -0.139. The Bertz CT molecular complexity index is 851. The number of piperazine rings is 1.